The van der Waals surface area contributed by atoms with Crippen molar-refractivity contribution in [3.05, 3.63) is 65.7 Å². The Labute approximate surface area is 158 Å². The van der Waals surface area contributed by atoms with Crippen LogP contribution in [0.25, 0.3) is 11.5 Å². The largest absolute Gasteiger partial charge is 0.334 e. The molecule has 1 saturated heterocycles. The van der Waals surface area contributed by atoms with Crippen molar-refractivity contribution in [3.8, 4) is 11.5 Å². The van der Waals surface area contributed by atoms with Crippen molar-refractivity contribution < 1.29 is 22.5 Å². The van der Waals surface area contributed by atoms with Crippen molar-refractivity contribution in [3.63, 3.8) is 0 Å². The van der Waals surface area contributed by atoms with Gasteiger partial charge < -0.3 is 9.42 Å². The molecule has 3 aromatic rings. The van der Waals surface area contributed by atoms with Crippen LogP contribution in [0.5, 0.6) is 0 Å². The Bertz CT molecular complexity index is 1000. The van der Waals surface area contributed by atoms with E-state index in [1.807, 2.05) is 0 Å². The van der Waals surface area contributed by atoms with E-state index in [1.165, 1.54) is 35.2 Å². The van der Waals surface area contributed by atoms with Crippen LogP contribution < -0.4 is 4.90 Å². The van der Waals surface area contributed by atoms with E-state index in [0.29, 0.717) is 30.8 Å². The van der Waals surface area contributed by atoms with Gasteiger partial charge in [-0.05, 0) is 49.2 Å². The fourth-order valence-corrected chi connectivity index (χ4v) is 3.33. The Hall–Kier alpha value is -3.16. The third-order valence-corrected chi connectivity index (χ3v) is 4.75. The van der Waals surface area contributed by atoms with Crippen molar-refractivity contribution in [1.82, 2.24) is 10.1 Å². The van der Waals surface area contributed by atoms with Gasteiger partial charge in [0.25, 0.3) is 5.89 Å². The highest BCUT2D eigenvalue weighted by molar-refractivity contribution is 5.94. The van der Waals surface area contributed by atoms with E-state index >= 15 is 0 Å². The van der Waals surface area contributed by atoms with Crippen molar-refractivity contribution >= 4 is 11.6 Å². The minimum atomic E-state index is -0.773. The fourth-order valence-electron chi connectivity index (χ4n) is 3.33. The molecule has 8 heteroatoms. The number of rotatable bonds is 3. The zero-order chi connectivity index (χ0) is 19.7. The molecule has 5 nitrogen and oxygen atoms in total. The van der Waals surface area contributed by atoms with E-state index in [2.05, 4.69) is 10.1 Å². The molecule has 0 bridgehead atoms. The third kappa shape index (κ3) is 3.62. The first-order valence-corrected chi connectivity index (χ1v) is 8.86. The molecule has 0 aliphatic carbocycles. The lowest BCUT2D eigenvalue weighted by Gasteiger charge is -2.21. The van der Waals surface area contributed by atoms with Crippen molar-refractivity contribution in [1.29, 1.82) is 0 Å². The molecule has 1 aromatic heterocycles. The van der Waals surface area contributed by atoms with Crippen LogP contribution in [0.1, 0.15) is 31.0 Å². The summed E-state index contributed by atoms with van der Waals surface area (Å²) in [5.74, 6) is -1.78. The van der Waals surface area contributed by atoms with E-state index in [4.69, 9.17) is 4.52 Å². The van der Waals surface area contributed by atoms with Gasteiger partial charge in [-0.2, -0.15) is 4.98 Å². The maximum absolute atomic E-state index is 14.1. The molecule has 0 saturated carbocycles. The molecule has 0 radical (unpaired) electrons. The molecule has 28 heavy (non-hydrogen) atoms. The average molecular weight is 387 g/mol. The summed E-state index contributed by atoms with van der Waals surface area (Å²) < 4.78 is 45.5. The number of hydrogen-bond acceptors (Lipinski definition) is 4. The van der Waals surface area contributed by atoms with Crippen LogP contribution in [0.2, 0.25) is 0 Å². The first-order valence-electron chi connectivity index (χ1n) is 8.86. The second-order valence-electron chi connectivity index (χ2n) is 6.65. The van der Waals surface area contributed by atoms with Gasteiger partial charge in [-0.3, -0.25) is 4.79 Å². The average Bonchev–Trinajstić information content (AvgIpc) is 3.08. The number of carbonyl (C=O) groups excluding carboxylic acids is 1. The summed E-state index contributed by atoms with van der Waals surface area (Å²) in [7, 11) is 0. The summed E-state index contributed by atoms with van der Waals surface area (Å²) in [4.78, 5) is 18.4. The quantitative estimate of drug-likeness (QED) is 0.666. The van der Waals surface area contributed by atoms with Gasteiger partial charge in [-0.25, -0.2) is 13.2 Å². The number of halogens is 3. The molecule has 2 aromatic carbocycles. The lowest BCUT2D eigenvalue weighted by Crippen LogP contribution is -2.31. The van der Waals surface area contributed by atoms with E-state index in [-0.39, 0.29) is 35.6 Å². The molecule has 1 amide bonds. The highest BCUT2D eigenvalue weighted by Gasteiger charge is 2.30. The van der Waals surface area contributed by atoms with Crippen molar-refractivity contribution in [2.45, 2.75) is 25.2 Å². The minimum Gasteiger partial charge on any atom is -0.334 e. The second-order valence-corrected chi connectivity index (χ2v) is 6.65. The maximum atomic E-state index is 14.1. The molecule has 2 heterocycles. The molecule has 144 valence electrons. The molecular weight excluding hydrogens is 371 g/mol. The van der Waals surface area contributed by atoms with E-state index < -0.39 is 11.6 Å². The Kier molecular flexibility index (Phi) is 4.85. The van der Waals surface area contributed by atoms with Crippen LogP contribution in [-0.4, -0.2) is 22.6 Å². The van der Waals surface area contributed by atoms with Gasteiger partial charge in [-0.1, -0.05) is 5.16 Å². The lowest BCUT2D eigenvalue weighted by atomic mass is 10.00. The number of anilines is 1. The zero-order valence-electron chi connectivity index (χ0n) is 14.7. The fraction of sp³-hybridized carbons (Fsp3) is 0.250. The van der Waals surface area contributed by atoms with Gasteiger partial charge in [0.2, 0.25) is 5.91 Å². The van der Waals surface area contributed by atoms with E-state index in [0.717, 1.165) is 12.1 Å². The third-order valence-electron chi connectivity index (χ3n) is 4.75. The number of carbonyl (C=O) groups is 1. The Morgan fingerprint density at radius 2 is 1.79 bits per heavy atom. The van der Waals surface area contributed by atoms with Crippen molar-refractivity contribution in [2.24, 2.45) is 0 Å². The van der Waals surface area contributed by atoms with Crippen LogP contribution in [0.3, 0.4) is 0 Å². The Balaban J connectivity index is 1.53. The number of amides is 1. The van der Waals surface area contributed by atoms with E-state index in [9.17, 15) is 18.0 Å². The molecule has 1 aliphatic rings. The maximum Gasteiger partial charge on any atom is 0.257 e. The summed E-state index contributed by atoms with van der Waals surface area (Å²) in [6.45, 7) is 0.320. The summed E-state index contributed by atoms with van der Waals surface area (Å²) in [5.41, 5.74) is 0.641. The zero-order valence-corrected chi connectivity index (χ0v) is 14.7. The number of aromatic nitrogens is 2. The molecule has 4 rings (SSSR count). The highest BCUT2D eigenvalue weighted by atomic mass is 19.1. The van der Waals surface area contributed by atoms with Gasteiger partial charge >= 0.3 is 0 Å². The summed E-state index contributed by atoms with van der Waals surface area (Å²) in [5, 5.41) is 3.97. The van der Waals surface area contributed by atoms with Gasteiger partial charge in [0.05, 0.1) is 5.69 Å². The van der Waals surface area contributed by atoms with Crippen molar-refractivity contribution in [2.75, 3.05) is 11.4 Å². The van der Waals surface area contributed by atoms with Crippen LogP contribution in [0.4, 0.5) is 18.9 Å². The standard InChI is InChI=1S/C20H16F3N3O2/c21-14-5-3-12(4-6-14)20-24-19(25-28-20)13-2-1-9-26(18(27)10-13)17-8-7-15(22)11-16(17)23/h3-8,11,13H,1-2,9-10H2. The molecular formula is C20H16F3N3O2. The predicted octanol–water partition coefficient (Wildman–Crippen LogP) is 4.45. The SMILES string of the molecule is O=C1CC(c2noc(-c3ccc(F)cc3)n2)CCCN1c1ccc(F)cc1F. The molecule has 1 unspecified atom stereocenters. The Morgan fingerprint density at radius 1 is 1.04 bits per heavy atom. The van der Waals surface area contributed by atoms with Gasteiger partial charge in [0.15, 0.2) is 5.82 Å². The number of nitrogens with zero attached hydrogens (tertiary/aromatic N) is 3. The summed E-state index contributed by atoms with van der Waals surface area (Å²) in [6.07, 6.45) is 1.31. The second kappa shape index (κ2) is 7.46. The van der Waals surface area contributed by atoms with Gasteiger partial charge in [0, 0.05) is 30.5 Å². The first kappa shape index (κ1) is 18.2. The predicted molar refractivity (Wildman–Crippen MR) is 95.0 cm³/mol. The van der Waals surface area contributed by atoms with Crippen LogP contribution >= 0.6 is 0 Å². The number of benzene rings is 2. The molecule has 1 fully saturated rings. The topological polar surface area (TPSA) is 59.2 Å². The molecule has 0 N–H and O–H groups in total. The summed E-state index contributed by atoms with van der Waals surface area (Å²) >= 11 is 0. The van der Waals surface area contributed by atoms with Crippen LogP contribution in [0.15, 0.2) is 47.0 Å². The number of hydrogen-bond donors (Lipinski definition) is 0. The monoisotopic (exact) mass is 387 g/mol. The Morgan fingerprint density at radius 3 is 2.54 bits per heavy atom. The molecule has 1 atom stereocenters. The molecule has 1 aliphatic heterocycles. The smallest absolute Gasteiger partial charge is 0.257 e. The summed E-state index contributed by atoms with van der Waals surface area (Å²) in [6, 6.07) is 8.81. The first-order chi connectivity index (χ1) is 13.5. The van der Waals surface area contributed by atoms with E-state index in [1.54, 1.807) is 0 Å². The van der Waals surface area contributed by atoms with Gasteiger partial charge in [0.1, 0.15) is 17.5 Å². The highest BCUT2D eigenvalue weighted by Crippen LogP contribution is 2.31. The lowest BCUT2D eigenvalue weighted by molar-refractivity contribution is -0.118. The van der Waals surface area contributed by atoms with Gasteiger partial charge in [-0.15, -0.1) is 0 Å². The van der Waals surface area contributed by atoms with Crippen LogP contribution in [-0.2, 0) is 4.79 Å². The normalized spacial score (nSPS) is 17.6. The molecule has 0 spiro atoms. The van der Waals surface area contributed by atoms with Crippen LogP contribution in [0, 0.1) is 17.5 Å². The minimum absolute atomic E-state index is 0.0622.